The van der Waals surface area contributed by atoms with Crippen molar-refractivity contribution in [3.8, 4) is 67.9 Å². The minimum absolute atomic E-state index is 0.0615. The van der Waals surface area contributed by atoms with E-state index < -0.39 is 0 Å². The number of rotatable bonds is 4. The average Bonchev–Trinajstić information content (AvgIpc) is 3.35. The molecule has 0 aliphatic heterocycles. The van der Waals surface area contributed by atoms with Crippen LogP contribution in [0.5, 0.6) is 11.5 Å². The Bertz CT molecular complexity index is 2070. The number of hydrogen-bond donors (Lipinski definition) is 2. The number of pyridine rings is 4. The molecule has 1 aliphatic rings. The molecule has 0 amide bonds. The SMILES string of the molecule is CC(C)(C)c1cc(-c2ccccn2)c(O)c(-c2ccc3c(n2)-c2nc(-c4cc(C(C)(C)C)cc(-c5ccccn5)c4O)ccc2C3=O)c1. The lowest BCUT2D eigenvalue weighted by atomic mass is 9.83. The molecule has 7 rings (SSSR count). The Morgan fingerprint density at radius 3 is 1.19 bits per heavy atom. The van der Waals surface area contributed by atoms with Gasteiger partial charge in [0, 0.05) is 34.6 Å². The molecular formula is C41H36N4O3. The van der Waals surface area contributed by atoms with Crippen molar-refractivity contribution in [1.82, 2.24) is 19.9 Å². The summed E-state index contributed by atoms with van der Waals surface area (Å²) in [6, 6.07) is 26.1. The highest BCUT2D eigenvalue weighted by molar-refractivity contribution is 6.20. The summed E-state index contributed by atoms with van der Waals surface area (Å²) in [6.45, 7) is 12.7. The fourth-order valence-electron chi connectivity index (χ4n) is 6.05. The van der Waals surface area contributed by atoms with Crippen molar-refractivity contribution in [1.29, 1.82) is 0 Å². The molecule has 7 nitrogen and oxygen atoms in total. The van der Waals surface area contributed by atoms with Crippen LogP contribution in [0.1, 0.15) is 68.6 Å². The normalized spacial score (nSPS) is 12.6. The number of hydrogen-bond acceptors (Lipinski definition) is 7. The standard InChI is InChI=1S/C41H36N4O3/c1-40(2,3)23-19-27(31-11-7-9-17-42-31)38(47)29(21-23)33-15-13-25-35(44-33)36-26(37(25)46)14-16-34(45-36)30-22-24(41(4,5)6)20-28(39(30)48)32-12-8-10-18-43-32/h7-22,47-48H,1-6H3. The van der Waals surface area contributed by atoms with Crippen molar-refractivity contribution < 1.29 is 15.0 Å². The summed E-state index contributed by atoms with van der Waals surface area (Å²) in [5, 5.41) is 23.2. The fourth-order valence-corrected chi connectivity index (χ4v) is 6.05. The lowest BCUT2D eigenvalue weighted by Crippen LogP contribution is -2.11. The van der Waals surface area contributed by atoms with Gasteiger partial charge in [0.15, 0.2) is 5.78 Å². The van der Waals surface area contributed by atoms with Crippen molar-refractivity contribution in [3.63, 3.8) is 0 Å². The molecule has 7 heteroatoms. The van der Waals surface area contributed by atoms with Crippen molar-refractivity contribution in [2.45, 2.75) is 52.4 Å². The maximum atomic E-state index is 13.6. The molecule has 0 saturated heterocycles. The first-order valence-corrected chi connectivity index (χ1v) is 16.0. The molecule has 238 valence electrons. The van der Waals surface area contributed by atoms with Gasteiger partial charge in [-0.1, -0.05) is 53.7 Å². The number of nitrogens with zero attached hydrogens (tertiary/aromatic N) is 4. The van der Waals surface area contributed by atoms with Crippen LogP contribution >= 0.6 is 0 Å². The van der Waals surface area contributed by atoms with Crippen LogP contribution in [0.25, 0.3) is 56.4 Å². The van der Waals surface area contributed by atoms with Gasteiger partial charge in [-0.2, -0.15) is 0 Å². The Balaban J connectivity index is 1.40. The molecule has 0 spiro atoms. The lowest BCUT2D eigenvalue weighted by Gasteiger charge is -2.22. The quantitative estimate of drug-likeness (QED) is 0.199. The van der Waals surface area contributed by atoms with E-state index in [-0.39, 0.29) is 28.1 Å². The third-order valence-corrected chi connectivity index (χ3v) is 8.89. The van der Waals surface area contributed by atoms with E-state index in [0.717, 1.165) is 11.1 Å². The third kappa shape index (κ3) is 5.31. The molecule has 4 heterocycles. The average molecular weight is 633 g/mol. The largest absolute Gasteiger partial charge is 0.507 e. The van der Waals surface area contributed by atoms with Crippen LogP contribution in [-0.2, 0) is 10.8 Å². The van der Waals surface area contributed by atoms with E-state index in [0.29, 0.717) is 67.5 Å². The first-order chi connectivity index (χ1) is 22.8. The first-order valence-electron chi connectivity index (χ1n) is 16.0. The monoisotopic (exact) mass is 632 g/mol. The minimum atomic E-state index is -0.223. The predicted molar refractivity (Wildman–Crippen MR) is 189 cm³/mol. The van der Waals surface area contributed by atoms with E-state index in [2.05, 4.69) is 51.5 Å². The highest BCUT2D eigenvalue weighted by atomic mass is 16.3. The molecule has 0 bridgehead atoms. The van der Waals surface area contributed by atoms with Gasteiger partial charge in [-0.3, -0.25) is 14.8 Å². The van der Waals surface area contributed by atoms with E-state index in [9.17, 15) is 15.0 Å². The van der Waals surface area contributed by atoms with Crippen LogP contribution in [0.2, 0.25) is 0 Å². The number of carbonyl (C=O) groups is 1. The Kier molecular flexibility index (Phi) is 7.24. The summed E-state index contributed by atoms with van der Waals surface area (Å²) in [6.07, 6.45) is 3.40. The van der Waals surface area contributed by atoms with E-state index in [4.69, 9.17) is 9.97 Å². The number of phenols is 2. The molecule has 6 aromatic rings. The highest BCUT2D eigenvalue weighted by Gasteiger charge is 2.32. The molecule has 2 aromatic carbocycles. The predicted octanol–water partition coefficient (Wildman–Crippen LogP) is 9.15. The Hall–Kier alpha value is -5.69. The zero-order valence-electron chi connectivity index (χ0n) is 27.8. The van der Waals surface area contributed by atoms with Crippen LogP contribution in [0.4, 0.5) is 0 Å². The number of ketones is 1. The van der Waals surface area contributed by atoms with Crippen molar-refractivity contribution >= 4 is 5.78 Å². The van der Waals surface area contributed by atoms with Crippen LogP contribution < -0.4 is 0 Å². The summed E-state index contributed by atoms with van der Waals surface area (Å²) < 4.78 is 0. The molecule has 48 heavy (non-hydrogen) atoms. The van der Waals surface area contributed by atoms with Crippen LogP contribution in [-0.4, -0.2) is 35.9 Å². The first kappa shape index (κ1) is 30.9. The number of aromatic hydroxyl groups is 2. The van der Waals surface area contributed by atoms with Crippen LogP contribution in [0.3, 0.4) is 0 Å². The number of aromatic nitrogens is 4. The number of benzene rings is 2. The van der Waals surface area contributed by atoms with E-state index in [1.807, 2.05) is 60.7 Å². The Morgan fingerprint density at radius 1 is 0.479 bits per heavy atom. The number of carbonyl (C=O) groups excluding carboxylic acids is 1. The number of fused-ring (bicyclic) bond motifs is 3. The second kappa shape index (κ2) is 11.2. The lowest BCUT2D eigenvalue weighted by molar-refractivity contribution is 0.104. The van der Waals surface area contributed by atoms with Gasteiger partial charge in [0.1, 0.15) is 22.9 Å². The zero-order chi connectivity index (χ0) is 34.0. The third-order valence-electron chi connectivity index (χ3n) is 8.89. The van der Waals surface area contributed by atoms with Crippen molar-refractivity contribution in [2.24, 2.45) is 0 Å². The molecule has 2 N–H and O–H groups in total. The second-order valence-corrected chi connectivity index (χ2v) is 14.3. The molecule has 0 saturated carbocycles. The molecule has 0 fully saturated rings. The molecule has 0 unspecified atom stereocenters. The summed E-state index contributed by atoms with van der Waals surface area (Å²) in [4.78, 5) is 32.5. The molecule has 0 radical (unpaired) electrons. The van der Waals surface area contributed by atoms with Gasteiger partial charge in [-0.15, -0.1) is 0 Å². The maximum absolute atomic E-state index is 13.6. The number of phenolic OH excluding ortho intramolecular Hbond substituents is 2. The molecule has 0 atom stereocenters. The summed E-state index contributed by atoms with van der Waals surface area (Å²) in [5.41, 5.74) is 7.94. The van der Waals surface area contributed by atoms with Gasteiger partial charge >= 0.3 is 0 Å². The van der Waals surface area contributed by atoms with Gasteiger partial charge in [-0.25, -0.2) is 9.97 Å². The summed E-state index contributed by atoms with van der Waals surface area (Å²) in [7, 11) is 0. The minimum Gasteiger partial charge on any atom is -0.507 e. The molecule has 4 aromatic heterocycles. The van der Waals surface area contributed by atoms with Gasteiger partial charge in [0.05, 0.1) is 33.9 Å². The van der Waals surface area contributed by atoms with Crippen LogP contribution in [0, 0.1) is 0 Å². The van der Waals surface area contributed by atoms with E-state index in [1.54, 1.807) is 36.7 Å². The van der Waals surface area contributed by atoms with Gasteiger partial charge < -0.3 is 10.2 Å². The van der Waals surface area contributed by atoms with Crippen LogP contribution in [0.15, 0.2) is 97.3 Å². The summed E-state index contributed by atoms with van der Waals surface area (Å²) in [5.74, 6) is -0.0421. The van der Waals surface area contributed by atoms with E-state index in [1.165, 1.54) is 0 Å². The topological polar surface area (TPSA) is 109 Å². The second-order valence-electron chi connectivity index (χ2n) is 14.3. The molecular weight excluding hydrogens is 596 g/mol. The van der Waals surface area contributed by atoms with Crippen molar-refractivity contribution in [2.75, 3.05) is 0 Å². The van der Waals surface area contributed by atoms with Gasteiger partial charge in [-0.05, 0) is 94.8 Å². The fraction of sp³-hybridized carbons (Fsp3) is 0.195. The molecule has 1 aliphatic carbocycles. The Morgan fingerprint density at radius 2 is 0.854 bits per heavy atom. The highest BCUT2D eigenvalue weighted by Crippen LogP contribution is 2.45. The Labute approximate surface area is 280 Å². The summed E-state index contributed by atoms with van der Waals surface area (Å²) >= 11 is 0. The van der Waals surface area contributed by atoms with Gasteiger partial charge in [0.25, 0.3) is 0 Å². The smallest absolute Gasteiger partial charge is 0.197 e. The zero-order valence-corrected chi connectivity index (χ0v) is 27.8. The van der Waals surface area contributed by atoms with E-state index >= 15 is 0 Å². The maximum Gasteiger partial charge on any atom is 0.197 e. The van der Waals surface area contributed by atoms with Gasteiger partial charge in [0.2, 0.25) is 0 Å². The van der Waals surface area contributed by atoms with Crippen molar-refractivity contribution in [3.05, 3.63) is 120 Å².